The van der Waals surface area contributed by atoms with Crippen LogP contribution in [-0.4, -0.2) is 9.55 Å². The van der Waals surface area contributed by atoms with Gasteiger partial charge in [0.2, 0.25) is 0 Å². The Morgan fingerprint density at radius 1 is 1.28 bits per heavy atom. The summed E-state index contributed by atoms with van der Waals surface area (Å²) in [5.74, 6) is 0. The van der Waals surface area contributed by atoms with Crippen molar-refractivity contribution in [1.29, 1.82) is 5.26 Å². The average molecular weight is 262 g/mol. The Morgan fingerprint density at radius 3 is 2.50 bits per heavy atom. The summed E-state index contributed by atoms with van der Waals surface area (Å²) in [7, 11) is 0. The van der Waals surface area contributed by atoms with Crippen LogP contribution in [0.15, 0.2) is 39.9 Å². The number of H-pyrrole nitrogens is 1. The van der Waals surface area contributed by atoms with Crippen LogP contribution in [0.5, 0.6) is 0 Å². The molecule has 0 unspecified atom stereocenters. The van der Waals surface area contributed by atoms with Gasteiger partial charge in [0, 0.05) is 6.07 Å². The van der Waals surface area contributed by atoms with E-state index in [9.17, 15) is 9.59 Å². The number of aromatic nitrogens is 2. The first-order valence-corrected chi connectivity index (χ1v) is 5.48. The highest BCUT2D eigenvalue weighted by atomic mass is 35.5. The number of hydrogen-bond acceptors (Lipinski definition) is 3. The number of nitriles is 1. The molecule has 0 aliphatic carbocycles. The summed E-state index contributed by atoms with van der Waals surface area (Å²) < 4.78 is 0.974. The van der Waals surface area contributed by atoms with Crippen LogP contribution in [0.1, 0.15) is 5.56 Å². The molecule has 1 heterocycles. The van der Waals surface area contributed by atoms with E-state index in [4.69, 9.17) is 16.9 Å². The van der Waals surface area contributed by atoms with Crippen molar-refractivity contribution >= 4 is 11.6 Å². The van der Waals surface area contributed by atoms with Crippen LogP contribution in [0, 0.1) is 11.3 Å². The minimum atomic E-state index is -0.597. The van der Waals surface area contributed by atoms with Gasteiger partial charge in [-0.15, -0.1) is 0 Å². The molecule has 5 nitrogen and oxygen atoms in total. The lowest BCUT2D eigenvalue weighted by Gasteiger charge is -2.04. The Bertz CT molecular complexity index is 691. The summed E-state index contributed by atoms with van der Waals surface area (Å²) in [4.78, 5) is 25.7. The van der Waals surface area contributed by atoms with Crippen molar-refractivity contribution in [2.75, 3.05) is 0 Å². The van der Waals surface area contributed by atoms with E-state index in [-0.39, 0.29) is 11.6 Å². The fourth-order valence-electron chi connectivity index (χ4n) is 1.57. The Hall–Kier alpha value is -2.32. The molecule has 0 spiro atoms. The lowest BCUT2D eigenvalue weighted by atomic mass is 10.1. The zero-order chi connectivity index (χ0) is 13.1. The molecule has 2 rings (SSSR count). The van der Waals surface area contributed by atoms with Gasteiger partial charge >= 0.3 is 5.69 Å². The van der Waals surface area contributed by atoms with E-state index in [2.05, 4.69) is 4.98 Å². The molecule has 6 heteroatoms. The standard InChI is InChI=1S/C12H8ClN3O2/c13-10-7-11(17)16(12(18)15-10)9-3-1-8(2-4-9)5-6-14/h1-4,7H,5H2,(H,15,18). The molecule has 1 aromatic heterocycles. The van der Waals surface area contributed by atoms with Crippen molar-refractivity contribution in [2.45, 2.75) is 6.42 Å². The first-order chi connectivity index (χ1) is 8.61. The van der Waals surface area contributed by atoms with Gasteiger partial charge in [-0.05, 0) is 17.7 Å². The zero-order valence-corrected chi connectivity index (χ0v) is 9.94. The van der Waals surface area contributed by atoms with Crippen molar-refractivity contribution in [2.24, 2.45) is 0 Å². The fourth-order valence-corrected chi connectivity index (χ4v) is 1.74. The molecule has 0 amide bonds. The maximum absolute atomic E-state index is 11.7. The van der Waals surface area contributed by atoms with Crippen LogP contribution >= 0.6 is 11.6 Å². The van der Waals surface area contributed by atoms with Gasteiger partial charge in [0.1, 0.15) is 5.15 Å². The second-order valence-corrected chi connectivity index (χ2v) is 4.00. The predicted octanol–water partition coefficient (Wildman–Crippen LogP) is 1.25. The largest absolute Gasteiger partial charge is 0.334 e. The van der Waals surface area contributed by atoms with Crippen molar-refractivity contribution in [3.63, 3.8) is 0 Å². The summed E-state index contributed by atoms with van der Waals surface area (Å²) in [6.07, 6.45) is 0.284. The molecule has 0 aliphatic rings. The van der Waals surface area contributed by atoms with E-state index >= 15 is 0 Å². The monoisotopic (exact) mass is 261 g/mol. The highest BCUT2D eigenvalue weighted by Crippen LogP contribution is 2.07. The van der Waals surface area contributed by atoms with Crippen LogP contribution in [0.3, 0.4) is 0 Å². The zero-order valence-electron chi connectivity index (χ0n) is 9.18. The smallest absolute Gasteiger partial charge is 0.297 e. The number of hydrogen-bond donors (Lipinski definition) is 1. The van der Waals surface area contributed by atoms with Crippen molar-refractivity contribution < 1.29 is 0 Å². The Balaban J connectivity index is 2.54. The molecule has 1 aromatic carbocycles. The van der Waals surface area contributed by atoms with Crippen LogP contribution in [0.25, 0.3) is 5.69 Å². The maximum atomic E-state index is 11.7. The third kappa shape index (κ3) is 2.34. The lowest BCUT2D eigenvalue weighted by Crippen LogP contribution is -2.32. The highest BCUT2D eigenvalue weighted by Gasteiger charge is 2.05. The number of nitrogens with zero attached hydrogens (tertiary/aromatic N) is 2. The van der Waals surface area contributed by atoms with E-state index in [1.807, 2.05) is 6.07 Å². The van der Waals surface area contributed by atoms with Crippen LogP contribution in [0.2, 0.25) is 5.15 Å². The molecule has 0 bridgehead atoms. The molecule has 90 valence electrons. The maximum Gasteiger partial charge on any atom is 0.334 e. The molecule has 0 aliphatic heterocycles. The van der Waals surface area contributed by atoms with Gasteiger partial charge < -0.3 is 0 Å². The number of benzene rings is 1. The molecule has 0 saturated heterocycles. The van der Waals surface area contributed by atoms with Crippen molar-refractivity contribution in [3.8, 4) is 11.8 Å². The number of nitrogens with one attached hydrogen (secondary N) is 1. The Kier molecular flexibility index (Phi) is 3.31. The Morgan fingerprint density at radius 2 is 1.94 bits per heavy atom. The molecule has 1 N–H and O–H groups in total. The van der Waals surface area contributed by atoms with Crippen molar-refractivity contribution in [1.82, 2.24) is 9.55 Å². The fraction of sp³-hybridized carbons (Fsp3) is 0.0833. The molecule has 2 aromatic rings. The van der Waals surface area contributed by atoms with Gasteiger partial charge in [0.25, 0.3) is 5.56 Å². The van der Waals surface area contributed by atoms with Gasteiger partial charge in [0.15, 0.2) is 0 Å². The first kappa shape index (κ1) is 12.1. The molecule has 0 saturated carbocycles. The van der Waals surface area contributed by atoms with Crippen molar-refractivity contribution in [3.05, 3.63) is 61.9 Å². The van der Waals surface area contributed by atoms with Gasteiger partial charge in [-0.3, -0.25) is 9.78 Å². The van der Waals surface area contributed by atoms with Gasteiger partial charge in [-0.1, -0.05) is 23.7 Å². The van der Waals surface area contributed by atoms with E-state index in [0.717, 1.165) is 16.2 Å². The minimum Gasteiger partial charge on any atom is -0.297 e. The Labute approximate surface area is 107 Å². The number of rotatable bonds is 2. The lowest BCUT2D eigenvalue weighted by molar-refractivity contribution is 0.875. The summed E-state index contributed by atoms with van der Waals surface area (Å²) >= 11 is 5.57. The van der Waals surface area contributed by atoms with Gasteiger partial charge in [0.05, 0.1) is 18.2 Å². The molecule has 0 atom stereocenters. The van der Waals surface area contributed by atoms with Gasteiger partial charge in [-0.2, -0.15) is 5.26 Å². The number of halogens is 1. The summed E-state index contributed by atoms with van der Waals surface area (Å²) in [6.45, 7) is 0. The number of aromatic amines is 1. The molecule has 18 heavy (non-hydrogen) atoms. The quantitative estimate of drug-likeness (QED) is 0.826. The molecule has 0 radical (unpaired) electrons. The normalized spacial score (nSPS) is 10.0. The van der Waals surface area contributed by atoms with Crippen LogP contribution in [0.4, 0.5) is 0 Å². The predicted molar refractivity (Wildman–Crippen MR) is 67.0 cm³/mol. The second-order valence-electron chi connectivity index (χ2n) is 3.60. The van der Waals surface area contributed by atoms with E-state index in [0.29, 0.717) is 5.69 Å². The SMILES string of the molecule is N#CCc1ccc(-n2c(=O)cc(Cl)[nH]c2=O)cc1. The summed E-state index contributed by atoms with van der Waals surface area (Å²) in [5.41, 5.74) is 0.150. The van der Waals surface area contributed by atoms with E-state index in [1.165, 1.54) is 0 Å². The average Bonchev–Trinajstić information content (AvgIpc) is 2.30. The third-order valence-electron chi connectivity index (χ3n) is 2.38. The highest BCUT2D eigenvalue weighted by molar-refractivity contribution is 6.29. The van der Waals surface area contributed by atoms with Crippen LogP contribution < -0.4 is 11.2 Å². The molecular weight excluding hydrogens is 254 g/mol. The van der Waals surface area contributed by atoms with E-state index in [1.54, 1.807) is 24.3 Å². The summed E-state index contributed by atoms with van der Waals surface area (Å²) in [6, 6.07) is 9.75. The molecular formula is C12H8ClN3O2. The van der Waals surface area contributed by atoms with E-state index < -0.39 is 11.2 Å². The molecule has 0 fully saturated rings. The first-order valence-electron chi connectivity index (χ1n) is 5.10. The van der Waals surface area contributed by atoms with Gasteiger partial charge in [-0.25, -0.2) is 9.36 Å². The second kappa shape index (κ2) is 4.90. The topological polar surface area (TPSA) is 78.7 Å². The summed E-state index contributed by atoms with van der Waals surface area (Å²) in [5, 5.41) is 8.55. The third-order valence-corrected chi connectivity index (χ3v) is 2.58. The minimum absolute atomic E-state index is 0.00218. The van der Waals surface area contributed by atoms with Crippen LogP contribution in [-0.2, 0) is 6.42 Å².